The minimum atomic E-state index is -0.141. The van der Waals surface area contributed by atoms with Crippen molar-refractivity contribution >= 4 is 23.3 Å². The molecule has 0 atom stereocenters. The highest BCUT2D eigenvalue weighted by Crippen LogP contribution is 2.33. The van der Waals surface area contributed by atoms with Gasteiger partial charge in [0.25, 0.3) is 5.91 Å². The Hall–Kier alpha value is -1.87. The van der Waals surface area contributed by atoms with Gasteiger partial charge in [0, 0.05) is 11.8 Å². The minimum Gasteiger partial charge on any atom is -0.307 e. The predicted molar refractivity (Wildman–Crippen MR) is 106 cm³/mol. The Morgan fingerprint density at radius 2 is 1.80 bits per heavy atom. The first-order valence-electron chi connectivity index (χ1n) is 8.62. The van der Waals surface area contributed by atoms with E-state index in [0.717, 1.165) is 17.5 Å². The molecule has 4 heteroatoms. The highest BCUT2D eigenvalue weighted by molar-refractivity contribution is 6.30. The van der Waals surface area contributed by atoms with Gasteiger partial charge in [0.1, 0.15) is 5.82 Å². The van der Waals surface area contributed by atoms with E-state index in [1.54, 1.807) is 12.1 Å². The van der Waals surface area contributed by atoms with Crippen LogP contribution in [-0.4, -0.2) is 10.9 Å². The van der Waals surface area contributed by atoms with Crippen molar-refractivity contribution in [1.82, 2.24) is 4.98 Å². The summed E-state index contributed by atoms with van der Waals surface area (Å²) in [7, 11) is 0. The van der Waals surface area contributed by atoms with Crippen LogP contribution in [-0.2, 0) is 10.8 Å². The average molecular weight is 359 g/mol. The van der Waals surface area contributed by atoms with Crippen molar-refractivity contribution < 1.29 is 4.79 Å². The molecule has 2 rings (SSSR count). The lowest BCUT2D eigenvalue weighted by Gasteiger charge is -2.28. The van der Waals surface area contributed by atoms with Crippen molar-refractivity contribution in [2.45, 2.75) is 58.8 Å². The molecular weight excluding hydrogens is 332 g/mol. The van der Waals surface area contributed by atoms with Gasteiger partial charge in [0.2, 0.25) is 0 Å². The molecule has 1 aromatic carbocycles. The number of anilines is 1. The third kappa shape index (κ3) is 4.60. The van der Waals surface area contributed by atoms with Crippen molar-refractivity contribution in [3.8, 4) is 0 Å². The quantitative estimate of drug-likeness (QED) is 0.731. The molecule has 0 aliphatic rings. The van der Waals surface area contributed by atoms with Crippen LogP contribution in [0.15, 0.2) is 36.5 Å². The highest BCUT2D eigenvalue weighted by Gasteiger charge is 2.26. The number of halogens is 1. The molecule has 0 radical (unpaired) electrons. The molecule has 1 heterocycles. The molecule has 0 aliphatic heterocycles. The van der Waals surface area contributed by atoms with Crippen LogP contribution in [0.1, 0.15) is 69.4 Å². The third-order valence-electron chi connectivity index (χ3n) is 4.71. The van der Waals surface area contributed by atoms with Crippen LogP contribution in [0.3, 0.4) is 0 Å². The smallest absolute Gasteiger partial charge is 0.257 e. The van der Waals surface area contributed by atoms with Crippen LogP contribution in [0.2, 0.25) is 5.02 Å². The molecule has 0 saturated carbocycles. The monoisotopic (exact) mass is 358 g/mol. The Balaban J connectivity index is 2.47. The number of hydrogen-bond acceptors (Lipinski definition) is 2. The molecule has 3 nitrogen and oxygen atoms in total. The number of nitrogens with one attached hydrogen (secondary N) is 1. The summed E-state index contributed by atoms with van der Waals surface area (Å²) in [5, 5.41) is 3.43. The lowest BCUT2D eigenvalue weighted by molar-refractivity contribution is 0.102. The van der Waals surface area contributed by atoms with Gasteiger partial charge >= 0.3 is 0 Å². The molecule has 0 unspecified atom stereocenters. The summed E-state index contributed by atoms with van der Waals surface area (Å²) in [5.41, 5.74) is 2.78. The molecule has 1 N–H and O–H groups in total. The molecule has 0 saturated heterocycles. The topological polar surface area (TPSA) is 42.0 Å². The van der Waals surface area contributed by atoms with E-state index in [1.165, 1.54) is 6.20 Å². The fourth-order valence-corrected chi connectivity index (χ4v) is 2.72. The first-order chi connectivity index (χ1) is 11.5. The maximum Gasteiger partial charge on any atom is 0.257 e. The second kappa shape index (κ2) is 7.17. The molecule has 1 amide bonds. The average Bonchev–Trinajstić information content (AvgIpc) is 2.55. The van der Waals surface area contributed by atoms with Crippen LogP contribution >= 0.6 is 11.6 Å². The van der Waals surface area contributed by atoms with E-state index in [9.17, 15) is 4.79 Å². The van der Waals surface area contributed by atoms with E-state index in [4.69, 9.17) is 11.6 Å². The van der Waals surface area contributed by atoms with Gasteiger partial charge in [-0.3, -0.25) is 4.79 Å². The van der Waals surface area contributed by atoms with Gasteiger partial charge in [-0.15, -0.1) is 0 Å². The number of pyridine rings is 1. The van der Waals surface area contributed by atoms with Gasteiger partial charge in [-0.25, -0.2) is 4.98 Å². The number of carbonyl (C=O) groups excluding carboxylic acids is 1. The van der Waals surface area contributed by atoms with Crippen LogP contribution < -0.4 is 5.32 Å². The molecule has 25 heavy (non-hydrogen) atoms. The van der Waals surface area contributed by atoms with Crippen LogP contribution in [0.25, 0.3) is 0 Å². The zero-order valence-corrected chi connectivity index (χ0v) is 16.7. The summed E-state index contributed by atoms with van der Waals surface area (Å²) in [6, 6.07) is 9.65. The Bertz CT molecular complexity index is 758. The molecule has 0 aliphatic carbocycles. The minimum absolute atomic E-state index is 0.0254. The fraction of sp³-hybridized carbons (Fsp3) is 0.429. The van der Waals surface area contributed by atoms with Gasteiger partial charge < -0.3 is 5.32 Å². The summed E-state index contributed by atoms with van der Waals surface area (Å²) in [6.07, 6.45) is 2.47. The summed E-state index contributed by atoms with van der Waals surface area (Å²) >= 11 is 5.86. The van der Waals surface area contributed by atoms with Crippen molar-refractivity contribution in [2.24, 2.45) is 0 Å². The van der Waals surface area contributed by atoms with Crippen LogP contribution in [0, 0.1) is 0 Å². The molecule has 0 fully saturated rings. The van der Waals surface area contributed by atoms with Crippen LogP contribution in [0.5, 0.6) is 0 Å². The Labute approximate surface area is 155 Å². The summed E-state index contributed by atoms with van der Waals surface area (Å²) in [4.78, 5) is 17.1. The Morgan fingerprint density at radius 1 is 1.12 bits per heavy atom. The highest BCUT2D eigenvalue weighted by atomic mass is 35.5. The maximum absolute atomic E-state index is 13.0. The second-order valence-electron chi connectivity index (χ2n) is 8.06. The second-order valence-corrected chi connectivity index (χ2v) is 8.50. The summed E-state index contributed by atoms with van der Waals surface area (Å²) in [6.45, 7) is 12.9. The number of hydrogen-bond donors (Lipinski definition) is 1. The van der Waals surface area contributed by atoms with E-state index >= 15 is 0 Å². The summed E-state index contributed by atoms with van der Waals surface area (Å²) in [5.74, 6) is 0.355. The Morgan fingerprint density at radius 3 is 2.32 bits per heavy atom. The molecule has 2 aromatic rings. The first kappa shape index (κ1) is 19.5. The normalized spacial score (nSPS) is 12.1. The molecule has 1 aromatic heterocycles. The zero-order valence-electron chi connectivity index (χ0n) is 15.9. The number of amides is 1. The molecular formula is C21H27ClN2O. The van der Waals surface area contributed by atoms with E-state index in [2.05, 4.69) is 64.0 Å². The maximum atomic E-state index is 13.0. The van der Waals surface area contributed by atoms with E-state index in [0.29, 0.717) is 16.4 Å². The standard InChI is InChI=1S/C21H27ClN2O/c1-7-21(5,6)17-10-8-14(20(2,3)4)12-16(17)19(25)24-18-11-9-15(22)13-23-18/h8-13H,7H2,1-6H3,(H,23,24,25). The van der Waals surface area contributed by atoms with Gasteiger partial charge in [-0.05, 0) is 46.6 Å². The zero-order chi connectivity index (χ0) is 18.8. The molecule has 134 valence electrons. The van der Waals surface area contributed by atoms with Gasteiger partial charge in [-0.2, -0.15) is 0 Å². The molecule has 0 spiro atoms. The van der Waals surface area contributed by atoms with Gasteiger partial charge in [0.05, 0.1) is 5.02 Å². The van der Waals surface area contributed by atoms with Crippen LogP contribution in [0.4, 0.5) is 5.82 Å². The number of carbonyl (C=O) groups is 1. The number of nitrogens with zero attached hydrogens (tertiary/aromatic N) is 1. The van der Waals surface area contributed by atoms with E-state index < -0.39 is 0 Å². The number of benzene rings is 1. The lowest BCUT2D eigenvalue weighted by atomic mass is 9.76. The van der Waals surface area contributed by atoms with E-state index in [1.807, 2.05) is 6.07 Å². The third-order valence-corrected chi connectivity index (χ3v) is 4.94. The fourth-order valence-electron chi connectivity index (χ4n) is 2.61. The number of aromatic nitrogens is 1. The number of rotatable bonds is 4. The van der Waals surface area contributed by atoms with Crippen molar-refractivity contribution in [1.29, 1.82) is 0 Å². The van der Waals surface area contributed by atoms with E-state index in [-0.39, 0.29) is 16.7 Å². The summed E-state index contributed by atoms with van der Waals surface area (Å²) < 4.78 is 0. The first-order valence-corrected chi connectivity index (χ1v) is 9.00. The van der Waals surface area contributed by atoms with Gasteiger partial charge in [0.15, 0.2) is 0 Å². The van der Waals surface area contributed by atoms with Crippen molar-refractivity contribution in [2.75, 3.05) is 5.32 Å². The largest absolute Gasteiger partial charge is 0.307 e. The van der Waals surface area contributed by atoms with Crippen molar-refractivity contribution in [3.63, 3.8) is 0 Å². The van der Waals surface area contributed by atoms with Gasteiger partial charge in [-0.1, -0.05) is 65.3 Å². The SMILES string of the molecule is CCC(C)(C)c1ccc(C(C)(C)C)cc1C(=O)Nc1ccc(Cl)cn1. The predicted octanol–water partition coefficient (Wildman–Crippen LogP) is 5.97. The molecule has 0 bridgehead atoms. The van der Waals surface area contributed by atoms with Crippen molar-refractivity contribution in [3.05, 3.63) is 58.2 Å². The Kier molecular flexibility index (Phi) is 5.58. The lowest BCUT2D eigenvalue weighted by Crippen LogP contribution is -2.24.